The molecule has 1 saturated heterocycles. The van der Waals surface area contributed by atoms with E-state index in [1.165, 1.54) is 0 Å². The lowest BCUT2D eigenvalue weighted by molar-refractivity contribution is 0.0643. The molecule has 0 aliphatic carbocycles. The highest BCUT2D eigenvalue weighted by Gasteiger charge is 2.16. The van der Waals surface area contributed by atoms with Crippen molar-refractivity contribution in [2.24, 2.45) is 11.8 Å². The van der Waals surface area contributed by atoms with Gasteiger partial charge in [-0.3, -0.25) is 10.6 Å². The van der Waals surface area contributed by atoms with Gasteiger partial charge in [-0.1, -0.05) is 11.6 Å². The molecule has 104 valence electrons. The molecule has 1 aromatic carbocycles. The summed E-state index contributed by atoms with van der Waals surface area (Å²) >= 11 is 0. The Hall–Kier alpha value is -1.59. The van der Waals surface area contributed by atoms with E-state index in [4.69, 9.17) is 10.6 Å². The quantitative estimate of drug-likeness (QED) is 0.567. The average Bonchev–Trinajstić information content (AvgIpc) is 2.46. The monoisotopic (exact) mass is 263 g/mol. The summed E-state index contributed by atoms with van der Waals surface area (Å²) in [5, 5.41) is 2.98. The molecule has 1 aliphatic rings. The molecule has 0 atom stereocenters. The van der Waals surface area contributed by atoms with E-state index in [1.807, 2.05) is 25.1 Å². The van der Waals surface area contributed by atoms with E-state index in [0.29, 0.717) is 23.7 Å². The fourth-order valence-electron chi connectivity index (χ4n) is 2.25. The van der Waals surface area contributed by atoms with Crippen LogP contribution in [0.3, 0.4) is 0 Å². The first kappa shape index (κ1) is 13.8. The Balaban J connectivity index is 1.97. The molecule has 1 heterocycles. The number of nitrogens with one attached hydrogen (secondary N) is 2. The number of rotatable bonds is 4. The summed E-state index contributed by atoms with van der Waals surface area (Å²) in [7, 11) is 0. The topological polar surface area (TPSA) is 76.4 Å². The zero-order valence-electron chi connectivity index (χ0n) is 11.2. The Morgan fingerprint density at radius 3 is 2.84 bits per heavy atom. The number of carbonyl (C=O) groups is 1. The Bertz CT molecular complexity index is 442. The van der Waals surface area contributed by atoms with E-state index in [1.54, 1.807) is 0 Å². The van der Waals surface area contributed by atoms with Crippen LogP contribution in [-0.2, 0) is 4.74 Å². The van der Waals surface area contributed by atoms with E-state index in [-0.39, 0.29) is 5.91 Å². The zero-order chi connectivity index (χ0) is 13.7. The van der Waals surface area contributed by atoms with Gasteiger partial charge in [-0.25, -0.2) is 0 Å². The molecule has 4 N–H and O–H groups in total. The van der Waals surface area contributed by atoms with Crippen molar-refractivity contribution in [2.45, 2.75) is 19.8 Å². The minimum Gasteiger partial charge on any atom is -0.381 e. The molecule has 1 amide bonds. The van der Waals surface area contributed by atoms with Crippen LogP contribution in [0.15, 0.2) is 18.2 Å². The predicted octanol–water partition coefficient (Wildman–Crippen LogP) is 1.44. The molecule has 19 heavy (non-hydrogen) atoms. The molecule has 0 aromatic heterocycles. The SMILES string of the molecule is Cc1ccc(NN)c(C(=O)NCC2CCOCC2)c1. The van der Waals surface area contributed by atoms with Crippen molar-refractivity contribution >= 4 is 11.6 Å². The second-order valence-electron chi connectivity index (χ2n) is 4.96. The number of ether oxygens (including phenoxy) is 1. The molecule has 1 fully saturated rings. The summed E-state index contributed by atoms with van der Waals surface area (Å²) < 4.78 is 5.30. The van der Waals surface area contributed by atoms with Gasteiger partial charge in [0.2, 0.25) is 0 Å². The van der Waals surface area contributed by atoms with Gasteiger partial charge in [0.25, 0.3) is 5.91 Å². The molecule has 2 rings (SSSR count). The molecule has 0 saturated carbocycles. The van der Waals surface area contributed by atoms with Crippen molar-refractivity contribution < 1.29 is 9.53 Å². The van der Waals surface area contributed by atoms with E-state index >= 15 is 0 Å². The normalized spacial score (nSPS) is 16.1. The maximum atomic E-state index is 12.2. The molecule has 1 aromatic rings. The van der Waals surface area contributed by atoms with Crippen LogP contribution in [0.2, 0.25) is 0 Å². The van der Waals surface area contributed by atoms with Gasteiger partial charge in [-0.15, -0.1) is 0 Å². The number of carbonyl (C=O) groups excluding carboxylic acids is 1. The Labute approximate surface area is 113 Å². The molecule has 0 bridgehead atoms. The van der Waals surface area contributed by atoms with Gasteiger partial charge in [-0.2, -0.15) is 0 Å². The van der Waals surface area contributed by atoms with E-state index in [0.717, 1.165) is 31.6 Å². The number of hydrazine groups is 1. The van der Waals surface area contributed by atoms with Crippen LogP contribution in [0.25, 0.3) is 0 Å². The molecular formula is C14H21N3O2. The Morgan fingerprint density at radius 1 is 1.42 bits per heavy atom. The Kier molecular flexibility index (Phi) is 4.76. The molecule has 1 aliphatic heterocycles. The van der Waals surface area contributed by atoms with Gasteiger partial charge >= 0.3 is 0 Å². The summed E-state index contributed by atoms with van der Waals surface area (Å²) in [4.78, 5) is 12.2. The standard InChI is InChI=1S/C14H21N3O2/c1-10-2-3-13(17-15)12(8-10)14(18)16-9-11-4-6-19-7-5-11/h2-3,8,11,17H,4-7,9,15H2,1H3,(H,16,18). The minimum atomic E-state index is -0.0804. The number of amides is 1. The number of hydrogen-bond acceptors (Lipinski definition) is 4. The highest BCUT2D eigenvalue weighted by Crippen LogP contribution is 2.17. The zero-order valence-corrected chi connectivity index (χ0v) is 11.2. The largest absolute Gasteiger partial charge is 0.381 e. The molecule has 0 unspecified atom stereocenters. The predicted molar refractivity (Wildman–Crippen MR) is 74.9 cm³/mol. The lowest BCUT2D eigenvalue weighted by atomic mass is 10.00. The molecular weight excluding hydrogens is 242 g/mol. The fraction of sp³-hybridized carbons (Fsp3) is 0.500. The van der Waals surface area contributed by atoms with Crippen LogP contribution in [0.5, 0.6) is 0 Å². The summed E-state index contributed by atoms with van der Waals surface area (Å²) in [6, 6.07) is 5.58. The van der Waals surface area contributed by atoms with E-state index in [2.05, 4.69) is 10.7 Å². The molecule has 5 nitrogen and oxygen atoms in total. The second kappa shape index (κ2) is 6.54. The first-order valence-corrected chi connectivity index (χ1v) is 6.64. The smallest absolute Gasteiger partial charge is 0.253 e. The van der Waals surface area contributed by atoms with Crippen molar-refractivity contribution in [3.63, 3.8) is 0 Å². The van der Waals surface area contributed by atoms with Gasteiger partial charge in [-0.05, 0) is 37.8 Å². The number of nitrogens with two attached hydrogens (primary N) is 1. The van der Waals surface area contributed by atoms with Crippen LogP contribution >= 0.6 is 0 Å². The summed E-state index contributed by atoms with van der Waals surface area (Å²) in [6.45, 7) is 4.23. The summed E-state index contributed by atoms with van der Waals surface area (Å²) in [5.74, 6) is 5.86. The third-order valence-electron chi connectivity index (χ3n) is 3.47. The van der Waals surface area contributed by atoms with Crippen molar-refractivity contribution in [3.8, 4) is 0 Å². The van der Waals surface area contributed by atoms with Gasteiger partial charge in [0.15, 0.2) is 0 Å². The van der Waals surface area contributed by atoms with Gasteiger partial charge in [0, 0.05) is 19.8 Å². The number of anilines is 1. The fourth-order valence-corrected chi connectivity index (χ4v) is 2.25. The maximum Gasteiger partial charge on any atom is 0.253 e. The first-order valence-electron chi connectivity index (χ1n) is 6.64. The molecule has 5 heteroatoms. The van der Waals surface area contributed by atoms with Crippen LogP contribution in [0.1, 0.15) is 28.8 Å². The highest BCUT2D eigenvalue weighted by atomic mass is 16.5. The third-order valence-corrected chi connectivity index (χ3v) is 3.47. The van der Waals surface area contributed by atoms with Gasteiger partial charge < -0.3 is 15.5 Å². The van der Waals surface area contributed by atoms with E-state index < -0.39 is 0 Å². The maximum absolute atomic E-state index is 12.2. The van der Waals surface area contributed by atoms with Crippen molar-refractivity contribution in [1.29, 1.82) is 0 Å². The Morgan fingerprint density at radius 2 is 2.16 bits per heavy atom. The number of aryl methyl sites for hydroxylation is 1. The molecule has 0 radical (unpaired) electrons. The lowest BCUT2D eigenvalue weighted by Gasteiger charge is -2.22. The first-order chi connectivity index (χ1) is 9.20. The third kappa shape index (κ3) is 3.68. The van der Waals surface area contributed by atoms with Crippen LogP contribution in [0.4, 0.5) is 5.69 Å². The summed E-state index contributed by atoms with van der Waals surface area (Å²) in [5.41, 5.74) is 4.84. The summed E-state index contributed by atoms with van der Waals surface area (Å²) in [6.07, 6.45) is 2.02. The van der Waals surface area contributed by atoms with Gasteiger partial charge in [0.05, 0.1) is 11.3 Å². The second-order valence-corrected chi connectivity index (χ2v) is 4.96. The minimum absolute atomic E-state index is 0.0804. The number of benzene rings is 1. The van der Waals surface area contributed by atoms with Crippen LogP contribution in [-0.4, -0.2) is 25.7 Å². The lowest BCUT2D eigenvalue weighted by Crippen LogP contribution is -2.32. The van der Waals surface area contributed by atoms with Crippen LogP contribution < -0.4 is 16.6 Å². The van der Waals surface area contributed by atoms with E-state index in [9.17, 15) is 4.79 Å². The number of hydrogen-bond donors (Lipinski definition) is 3. The van der Waals surface area contributed by atoms with Crippen molar-refractivity contribution in [1.82, 2.24) is 5.32 Å². The van der Waals surface area contributed by atoms with Crippen molar-refractivity contribution in [3.05, 3.63) is 29.3 Å². The van der Waals surface area contributed by atoms with Crippen molar-refractivity contribution in [2.75, 3.05) is 25.2 Å². The van der Waals surface area contributed by atoms with Gasteiger partial charge in [0.1, 0.15) is 0 Å². The average molecular weight is 263 g/mol. The molecule has 0 spiro atoms. The highest BCUT2D eigenvalue weighted by molar-refractivity contribution is 5.99. The number of nitrogen functional groups attached to an aromatic ring is 1. The van der Waals surface area contributed by atoms with Crippen LogP contribution in [0, 0.1) is 12.8 Å².